The lowest BCUT2D eigenvalue weighted by molar-refractivity contribution is -0.00702. The summed E-state index contributed by atoms with van der Waals surface area (Å²) in [6.45, 7) is 4.38. The second kappa shape index (κ2) is 5.91. The molecule has 1 aromatic heterocycles. The molecule has 1 aromatic carbocycles. The van der Waals surface area contributed by atoms with Crippen molar-refractivity contribution >= 4 is 5.91 Å². The number of rotatable bonds is 1. The summed E-state index contributed by atoms with van der Waals surface area (Å²) in [5.41, 5.74) is 3.05. The number of amides is 1. The summed E-state index contributed by atoms with van der Waals surface area (Å²) in [6, 6.07) is 2.73. The predicted molar refractivity (Wildman–Crippen MR) is 86.1 cm³/mol. The van der Waals surface area contributed by atoms with Crippen molar-refractivity contribution in [3.8, 4) is 0 Å². The number of carbonyl (C=O) groups excluding carboxylic acids is 1. The predicted octanol–water partition coefficient (Wildman–Crippen LogP) is 2.91. The maximum Gasteiger partial charge on any atom is 0.274 e. The number of hydrogen-bond acceptors (Lipinski definition) is 3. The van der Waals surface area contributed by atoms with Crippen molar-refractivity contribution < 1.29 is 18.3 Å². The summed E-state index contributed by atoms with van der Waals surface area (Å²) in [5.74, 6) is -2.01. The Labute approximate surface area is 144 Å². The van der Waals surface area contributed by atoms with E-state index in [1.54, 1.807) is 6.07 Å². The van der Waals surface area contributed by atoms with E-state index in [9.17, 15) is 13.6 Å². The number of benzene rings is 1. The number of nitrogens with one attached hydrogen (secondary N) is 1. The fraction of sp³-hybridized carbons (Fsp3) is 0.444. The van der Waals surface area contributed by atoms with Crippen molar-refractivity contribution in [1.29, 1.82) is 0 Å². The van der Waals surface area contributed by atoms with Crippen LogP contribution < -0.4 is 0 Å². The van der Waals surface area contributed by atoms with E-state index in [0.29, 0.717) is 25.1 Å². The SMILES string of the molecule is C[C@@H]1Cc2c(C(=O)N3CCc4ccc(F)c(F)c4C3)n[nH]c2[C@H](C)O1. The Hall–Kier alpha value is -2.28. The van der Waals surface area contributed by atoms with Gasteiger partial charge in [0, 0.05) is 30.6 Å². The normalized spacial score (nSPS) is 22.5. The zero-order chi connectivity index (χ0) is 17.7. The van der Waals surface area contributed by atoms with Crippen LogP contribution in [0.15, 0.2) is 12.1 Å². The van der Waals surface area contributed by atoms with E-state index in [1.165, 1.54) is 4.90 Å². The smallest absolute Gasteiger partial charge is 0.274 e. The van der Waals surface area contributed by atoms with Gasteiger partial charge in [-0.1, -0.05) is 6.07 Å². The molecule has 2 aliphatic rings. The molecule has 0 bridgehead atoms. The molecule has 0 saturated carbocycles. The summed E-state index contributed by atoms with van der Waals surface area (Å²) in [4.78, 5) is 14.5. The molecule has 7 heteroatoms. The fourth-order valence-corrected chi connectivity index (χ4v) is 3.74. The highest BCUT2D eigenvalue weighted by molar-refractivity contribution is 5.94. The first-order valence-electron chi connectivity index (χ1n) is 8.43. The number of aromatic nitrogens is 2. The number of fused-ring (bicyclic) bond motifs is 2. The molecule has 0 fully saturated rings. The van der Waals surface area contributed by atoms with Crippen molar-refractivity contribution in [3.05, 3.63) is 51.8 Å². The van der Waals surface area contributed by atoms with Crippen LogP contribution in [0.5, 0.6) is 0 Å². The molecule has 2 aromatic rings. The minimum Gasteiger partial charge on any atom is -0.369 e. The number of aromatic amines is 1. The van der Waals surface area contributed by atoms with E-state index >= 15 is 0 Å². The molecule has 132 valence electrons. The van der Waals surface area contributed by atoms with Gasteiger partial charge in [0.1, 0.15) is 0 Å². The Morgan fingerprint density at radius 2 is 2.12 bits per heavy atom. The molecule has 0 radical (unpaired) electrons. The van der Waals surface area contributed by atoms with Crippen molar-refractivity contribution in [3.63, 3.8) is 0 Å². The molecule has 2 aliphatic heterocycles. The Balaban J connectivity index is 1.64. The monoisotopic (exact) mass is 347 g/mol. The third kappa shape index (κ3) is 2.63. The second-order valence-electron chi connectivity index (χ2n) is 6.73. The van der Waals surface area contributed by atoms with Gasteiger partial charge >= 0.3 is 0 Å². The third-order valence-electron chi connectivity index (χ3n) is 5.02. The summed E-state index contributed by atoms with van der Waals surface area (Å²) in [7, 11) is 0. The van der Waals surface area contributed by atoms with Crippen LogP contribution >= 0.6 is 0 Å². The Bertz CT molecular complexity index is 849. The minimum atomic E-state index is -0.884. The Kier molecular flexibility index (Phi) is 3.83. The van der Waals surface area contributed by atoms with E-state index in [2.05, 4.69) is 10.2 Å². The average molecular weight is 347 g/mol. The van der Waals surface area contributed by atoms with Crippen LogP contribution in [0.4, 0.5) is 8.78 Å². The van der Waals surface area contributed by atoms with Gasteiger partial charge in [-0.15, -0.1) is 0 Å². The summed E-state index contributed by atoms with van der Waals surface area (Å²) in [5, 5.41) is 7.09. The number of nitrogens with zero attached hydrogens (tertiary/aromatic N) is 2. The molecule has 0 saturated heterocycles. The maximum atomic E-state index is 14.1. The van der Waals surface area contributed by atoms with Crippen molar-refractivity contribution in [1.82, 2.24) is 15.1 Å². The van der Waals surface area contributed by atoms with Crippen LogP contribution in [-0.2, 0) is 24.1 Å². The molecular formula is C18H19F2N3O2. The van der Waals surface area contributed by atoms with Gasteiger partial charge < -0.3 is 9.64 Å². The highest BCUT2D eigenvalue weighted by Gasteiger charge is 2.33. The Morgan fingerprint density at radius 3 is 2.92 bits per heavy atom. The second-order valence-corrected chi connectivity index (χ2v) is 6.73. The topological polar surface area (TPSA) is 58.2 Å². The van der Waals surface area contributed by atoms with Crippen LogP contribution in [0.3, 0.4) is 0 Å². The zero-order valence-electron chi connectivity index (χ0n) is 14.1. The molecule has 25 heavy (non-hydrogen) atoms. The molecule has 0 spiro atoms. The largest absolute Gasteiger partial charge is 0.369 e. The molecule has 5 nitrogen and oxygen atoms in total. The molecule has 4 rings (SSSR count). The van der Waals surface area contributed by atoms with E-state index in [1.807, 2.05) is 13.8 Å². The van der Waals surface area contributed by atoms with E-state index < -0.39 is 11.6 Å². The number of ether oxygens (including phenoxy) is 1. The van der Waals surface area contributed by atoms with Crippen molar-refractivity contribution in [2.45, 2.75) is 45.4 Å². The van der Waals surface area contributed by atoms with Gasteiger partial charge in [-0.3, -0.25) is 9.89 Å². The molecule has 1 N–H and O–H groups in total. The van der Waals surface area contributed by atoms with Crippen LogP contribution in [0.1, 0.15) is 52.8 Å². The quantitative estimate of drug-likeness (QED) is 0.863. The maximum absolute atomic E-state index is 14.1. The van der Waals surface area contributed by atoms with Crippen molar-refractivity contribution in [2.75, 3.05) is 6.54 Å². The van der Waals surface area contributed by atoms with Gasteiger partial charge in [0.15, 0.2) is 17.3 Å². The zero-order valence-corrected chi connectivity index (χ0v) is 14.1. The lowest BCUT2D eigenvalue weighted by Gasteiger charge is -2.30. The van der Waals surface area contributed by atoms with E-state index in [4.69, 9.17) is 4.74 Å². The molecule has 3 heterocycles. The van der Waals surface area contributed by atoms with E-state index in [0.717, 1.165) is 22.9 Å². The van der Waals surface area contributed by atoms with Crippen LogP contribution in [0.25, 0.3) is 0 Å². The average Bonchev–Trinajstić information content (AvgIpc) is 3.01. The number of hydrogen-bond donors (Lipinski definition) is 1. The number of carbonyl (C=O) groups is 1. The summed E-state index contributed by atoms with van der Waals surface area (Å²) in [6.07, 6.45) is 0.951. The van der Waals surface area contributed by atoms with Crippen LogP contribution in [0, 0.1) is 11.6 Å². The Morgan fingerprint density at radius 1 is 1.32 bits per heavy atom. The summed E-state index contributed by atoms with van der Waals surface area (Å²) < 4.78 is 33.3. The highest BCUT2D eigenvalue weighted by Crippen LogP contribution is 2.31. The highest BCUT2D eigenvalue weighted by atomic mass is 19.2. The van der Waals surface area contributed by atoms with Crippen molar-refractivity contribution in [2.24, 2.45) is 0 Å². The molecule has 2 atom stereocenters. The fourth-order valence-electron chi connectivity index (χ4n) is 3.74. The van der Waals surface area contributed by atoms with E-state index in [-0.39, 0.29) is 30.2 Å². The van der Waals surface area contributed by atoms with Gasteiger partial charge in [0.2, 0.25) is 0 Å². The first kappa shape index (κ1) is 16.2. The van der Waals surface area contributed by atoms with Gasteiger partial charge in [-0.25, -0.2) is 8.78 Å². The minimum absolute atomic E-state index is 0.000252. The lowest BCUT2D eigenvalue weighted by atomic mass is 9.97. The number of H-pyrrole nitrogens is 1. The molecular weight excluding hydrogens is 328 g/mol. The third-order valence-corrected chi connectivity index (χ3v) is 5.02. The van der Waals surface area contributed by atoms with Gasteiger partial charge in [-0.05, 0) is 31.9 Å². The molecule has 0 unspecified atom stereocenters. The van der Waals surface area contributed by atoms with Crippen LogP contribution in [0.2, 0.25) is 0 Å². The number of halogens is 2. The lowest BCUT2D eigenvalue weighted by Crippen LogP contribution is -2.37. The van der Waals surface area contributed by atoms with Crippen LogP contribution in [-0.4, -0.2) is 33.7 Å². The summed E-state index contributed by atoms with van der Waals surface area (Å²) >= 11 is 0. The first-order valence-corrected chi connectivity index (χ1v) is 8.43. The molecule has 1 amide bonds. The van der Waals surface area contributed by atoms with Gasteiger partial charge in [-0.2, -0.15) is 5.10 Å². The first-order chi connectivity index (χ1) is 12.0. The standard InChI is InChI=1S/C18H19F2N3O2/c1-9-7-12-16(10(2)25-9)21-22-17(12)18(24)23-6-5-11-3-4-14(19)15(20)13(11)8-23/h3-4,9-10H,5-8H2,1-2H3,(H,21,22)/t9-,10+/m1/s1. The van der Waals surface area contributed by atoms with Gasteiger partial charge in [0.05, 0.1) is 17.9 Å². The molecule has 0 aliphatic carbocycles. The van der Waals surface area contributed by atoms with Gasteiger partial charge in [0.25, 0.3) is 5.91 Å².